The molecule has 1 heterocycles. The second kappa shape index (κ2) is 6.27. The number of rotatable bonds is 6. The Bertz CT molecular complexity index is 487. The summed E-state index contributed by atoms with van der Waals surface area (Å²) in [5.74, 6) is 1.22. The van der Waals surface area contributed by atoms with Crippen molar-refractivity contribution < 1.29 is 0 Å². The van der Waals surface area contributed by atoms with Crippen molar-refractivity contribution >= 4 is 15.8 Å². The Kier molecular flexibility index (Phi) is 4.67. The third kappa shape index (κ3) is 3.20. The minimum atomic E-state index is -0.904. The molecule has 0 aromatic heterocycles. The molecule has 0 radical (unpaired) electrons. The van der Waals surface area contributed by atoms with Crippen LogP contribution in [0.5, 0.6) is 0 Å². The minimum absolute atomic E-state index is 0.904. The molecule has 0 amide bonds. The average molecular weight is 273 g/mol. The first-order chi connectivity index (χ1) is 9.18. The molecule has 1 aliphatic heterocycles. The highest BCUT2D eigenvalue weighted by atomic mass is 32.3. The van der Waals surface area contributed by atoms with Crippen molar-refractivity contribution in [1.29, 1.82) is 0 Å². The first kappa shape index (κ1) is 14.2. The maximum atomic E-state index is 3.82. The minimum Gasteiger partial charge on any atom is -0.267 e. The van der Waals surface area contributed by atoms with Crippen molar-refractivity contribution in [1.82, 2.24) is 4.31 Å². The average Bonchev–Trinajstić information content (AvgIpc) is 2.86. The predicted molar refractivity (Wildman–Crippen MR) is 89.1 cm³/mol. The third-order valence-electron chi connectivity index (χ3n) is 3.48. The number of hydrogen-bond donors (Lipinski definition) is 0. The highest BCUT2D eigenvalue weighted by molar-refractivity contribution is 8.36. The second-order valence-corrected chi connectivity index (χ2v) is 8.26. The molecule has 0 saturated heterocycles. The van der Waals surface area contributed by atoms with Crippen molar-refractivity contribution in [2.45, 2.75) is 12.8 Å². The van der Waals surface area contributed by atoms with Gasteiger partial charge in [-0.15, -0.1) is 16.8 Å². The largest absolute Gasteiger partial charge is 0.267 e. The maximum absolute atomic E-state index is 3.82. The molecule has 102 valence electrons. The van der Waals surface area contributed by atoms with Crippen LogP contribution in [0.1, 0.15) is 18.4 Å². The van der Waals surface area contributed by atoms with Crippen LogP contribution < -0.4 is 0 Å². The molecular formula is C17H23NS. The maximum Gasteiger partial charge on any atom is -0.00332 e. The van der Waals surface area contributed by atoms with Crippen LogP contribution in [0.3, 0.4) is 0 Å². The van der Waals surface area contributed by atoms with Gasteiger partial charge in [-0.1, -0.05) is 36.4 Å². The lowest BCUT2D eigenvalue weighted by Gasteiger charge is -2.38. The van der Waals surface area contributed by atoms with Gasteiger partial charge in [-0.25, -0.2) is 0 Å². The lowest BCUT2D eigenvalue weighted by molar-refractivity contribution is 0.685. The first-order valence-corrected chi connectivity index (χ1v) is 8.61. The van der Waals surface area contributed by atoms with Gasteiger partial charge in [-0.05, 0) is 60.7 Å². The summed E-state index contributed by atoms with van der Waals surface area (Å²) in [6, 6.07) is 10.6. The SMILES string of the molecule is C=CCCCS1(N(C)C)C=CC(c2ccccc2)=C1. The van der Waals surface area contributed by atoms with Crippen LogP contribution in [0.4, 0.5) is 0 Å². The van der Waals surface area contributed by atoms with Crippen LogP contribution in [0, 0.1) is 0 Å². The fourth-order valence-electron chi connectivity index (χ4n) is 2.28. The van der Waals surface area contributed by atoms with E-state index in [0.717, 1.165) is 6.42 Å². The van der Waals surface area contributed by atoms with E-state index < -0.39 is 10.2 Å². The highest BCUT2D eigenvalue weighted by Crippen LogP contribution is 2.58. The summed E-state index contributed by atoms with van der Waals surface area (Å²) in [5, 5.41) is 4.89. The van der Waals surface area contributed by atoms with E-state index in [9.17, 15) is 0 Å². The van der Waals surface area contributed by atoms with Gasteiger partial charge in [0.25, 0.3) is 0 Å². The van der Waals surface area contributed by atoms with E-state index in [1.807, 2.05) is 6.08 Å². The van der Waals surface area contributed by atoms with Crippen LogP contribution >= 0.6 is 10.2 Å². The first-order valence-electron chi connectivity index (χ1n) is 6.72. The number of unbranched alkanes of at least 4 members (excludes halogenated alkanes) is 1. The number of nitrogens with zero attached hydrogens (tertiary/aromatic N) is 1. The predicted octanol–water partition coefficient (Wildman–Crippen LogP) is 4.80. The molecule has 0 fully saturated rings. The number of benzene rings is 1. The van der Waals surface area contributed by atoms with Crippen molar-refractivity contribution in [3.8, 4) is 0 Å². The standard InChI is InChI=1S/C17H23NS/c1-4-5-9-13-19(18(2)3)14-12-17(15-19)16-10-7-6-8-11-16/h4,6-8,10-12,14-15H,1,5,9,13H2,2-3H3. The normalized spacial score (nSPS) is 25.1. The molecule has 1 atom stereocenters. The molecule has 0 saturated carbocycles. The van der Waals surface area contributed by atoms with Crippen molar-refractivity contribution in [3.05, 3.63) is 65.4 Å². The molecule has 2 rings (SSSR count). The van der Waals surface area contributed by atoms with Crippen LogP contribution in [-0.2, 0) is 0 Å². The van der Waals surface area contributed by atoms with Gasteiger partial charge < -0.3 is 0 Å². The summed E-state index contributed by atoms with van der Waals surface area (Å²) in [7, 11) is 3.48. The molecular weight excluding hydrogens is 250 g/mol. The molecule has 2 heteroatoms. The van der Waals surface area contributed by atoms with Crippen molar-refractivity contribution in [2.75, 3.05) is 19.8 Å². The lowest BCUT2D eigenvalue weighted by Crippen LogP contribution is -2.17. The Labute approximate surface area is 118 Å². The highest BCUT2D eigenvalue weighted by Gasteiger charge is 2.25. The second-order valence-electron chi connectivity index (χ2n) is 5.00. The molecule has 0 bridgehead atoms. The topological polar surface area (TPSA) is 3.24 Å². The molecule has 0 aliphatic carbocycles. The monoisotopic (exact) mass is 273 g/mol. The zero-order valence-corrected chi connectivity index (χ0v) is 12.7. The van der Waals surface area contributed by atoms with E-state index in [1.165, 1.54) is 23.3 Å². The number of hydrogen-bond acceptors (Lipinski definition) is 1. The molecule has 1 aliphatic rings. The zero-order chi connectivity index (χ0) is 13.7. The molecule has 0 N–H and O–H groups in total. The summed E-state index contributed by atoms with van der Waals surface area (Å²) in [6.45, 7) is 3.82. The smallest absolute Gasteiger partial charge is 0.00332 e. The molecule has 19 heavy (non-hydrogen) atoms. The Morgan fingerprint density at radius 3 is 2.58 bits per heavy atom. The number of allylic oxidation sites excluding steroid dienone is 3. The van der Waals surface area contributed by atoms with E-state index in [-0.39, 0.29) is 0 Å². The molecule has 1 nitrogen and oxygen atoms in total. The Morgan fingerprint density at radius 2 is 1.95 bits per heavy atom. The Balaban J connectivity index is 2.21. The quantitative estimate of drug-likeness (QED) is 0.531. The summed E-state index contributed by atoms with van der Waals surface area (Å²) >= 11 is 0. The summed E-state index contributed by atoms with van der Waals surface area (Å²) in [4.78, 5) is 0. The van der Waals surface area contributed by atoms with Gasteiger partial charge in [-0.3, -0.25) is 4.31 Å². The van der Waals surface area contributed by atoms with Crippen molar-refractivity contribution in [3.63, 3.8) is 0 Å². The molecule has 1 unspecified atom stereocenters. The molecule has 0 spiro atoms. The Morgan fingerprint density at radius 1 is 1.21 bits per heavy atom. The summed E-state index contributed by atoms with van der Waals surface area (Å²) < 4.78 is 2.39. The zero-order valence-electron chi connectivity index (χ0n) is 11.9. The van der Waals surface area contributed by atoms with Crippen LogP contribution in [0.25, 0.3) is 5.57 Å². The van der Waals surface area contributed by atoms with E-state index in [1.54, 1.807) is 0 Å². The van der Waals surface area contributed by atoms with E-state index >= 15 is 0 Å². The fourth-order valence-corrected chi connectivity index (χ4v) is 5.10. The van der Waals surface area contributed by atoms with Gasteiger partial charge in [-0.2, -0.15) is 0 Å². The molecule has 1 aromatic carbocycles. The summed E-state index contributed by atoms with van der Waals surface area (Å²) in [6.07, 6.45) is 6.62. The van der Waals surface area contributed by atoms with Crippen LogP contribution in [-0.4, -0.2) is 24.2 Å². The van der Waals surface area contributed by atoms with E-state index in [4.69, 9.17) is 0 Å². The van der Waals surface area contributed by atoms with E-state index in [2.05, 4.69) is 72.2 Å². The van der Waals surface area contributed by atoms with Gasteiger partial charge in [0.2, 0.25) is 0 Å². The van der Waals surface area contributed by atoms with Crippen LogP contribution in [0.2, 0.25) is 0 Å². The van der Waals surface area contributed by atoms with Gasteiger partial charge in [0.15, 0.2) is 0 Å². The van der Waals surface area contributed by atoms with Gasteiger partial charge in [0.05, 0.1) is 0 Å². The fraction of sp³-hybridized carbons (Fsp3) is 0.294. The summed E-state index contributed by atoms with van der Waals surface area (Å²) in [5.41, 5.74) is 2.68. The van der Waals surface area contributed by atoms with Gasteiger partial charge in [0, 0.05) is 0 Å². The third-order valence-corrected chi connectivity index (χ3v) is 7.05. The van der Waals surface area contributed by atoms with Crippen LogP contribution in [0.15, 0.2) is 59.9 Å². The lowest BCUT2D eigenvalue weighted by atomic mass is 10.1. The van der Waals surface area contributed by atoms with Gasteiger partial charge >= 0.3 is 0 Å². The van der Waals surface area contributed by atoms with Crippen molar-refractivity contribution in [2.24, 2.45) is 0 Å². The van der Waals surface area contributed by atoms with E-state index in [0.29, 0.717) is 0 Å². The Hall–Kier alpha value is -1.25. The molecule has 1 aromatic rings. The van der Waals surface area contributed by atoms with Gasteiger partial charge in [0.1, 0.15) is 0 Å².